The van der Waals surface area contributed by atoms with E-state index in [2.05, 4.69) is 21.1 Å². The van der Waals surface area contributed by atoms with Gasteiger partial charge < -0.3 is 20.1 Å². The average Bonchev–Trinajstić information content (AvgIpc) is 3.29. The first kappa shape index (κ1) is 25.8. The summed E-state index contributed by atoms with van der Waals surface area (Å²) in [5.41, 5.74) is 10.0. The second-order valence-electron chi connectivity index (χ2n) is 10.4. The van der Waals surface area contributed by atoms with E-state index in [0.29, 0.717) is 41.8 Å². The number of nitrogens with two attached hydrogens (primary N) is 1. The van der Waals surface area contributed by atoms with Gasteiger partial charge in [-0.05, 0) is 69.5 Å². The average molecular weight is 535 g/mol. The SMILES string of the molecule is CC(C)(C)OC(=O)N1CCCC(c2cc(-c3ccc(OCc4ccccn4)c(Cl)c3)c3c(N)ncnn23)C1. The molecule has 0 radical (unpaired) electrons. The van der Waals surface area contributed by atoms with Gasteiger partial charge in [-0.1, -0.05) is 23.7 Å². The number of nitrogens with zero attached hydrogens (tertiary/aromatic N) is 5. The number of benzene rings is 1. The predicted molar refractivity (Wildman–Crippen MR) is 146 cm³/mol. The molecule has 198 valence electrons. The smallest absolute Gasteiger partial charge is 0.410 e. The van der Waals surface area contributed by atoms with Gasteiger partial charge in [-0.15, -0.1) is 0 Å². The number of nitrogen functional groups attached to an aromatic ring is 1. The minimum atomic E-state index is -0.548. The zero-order valence-electron chi connectivity index (χ0n) is 21.7. The number of hydrogen-bond donors (Lipinski definition) is 1. The Morgan fingerprint density at radius 3 is 2.76 bits per heavy atom. The molecule has 1 unspecified atom stereocenters. The number of pyridine rings is 1. The monoisotopic (exact) mass is 534 g/mol. The van der Waals surface area contributed by atoms with Crippen molar-refractivity contribution in [3.63, 3.8) is 0 Å². The molecule has 5 rings (SSSR count). The number of carbonyl (C=O) groups is 1. The quantitative estimate of drug-likeness (QED) is 0.349. The second-order valence-corrected chi connectivity index (χ2v) is 10.8. The first-order chi connectivity index (χ1) is 18.2. The van der Waals surface area contributed by atoms with Crippen molar-refractivity contribution in [3.8, 4) is 16.9 Å². The van der Waals surface area contributed by atoms with Gasteiger partial charge in [0.1, 0.15) is 29.8 Å². The lowest BCUT2D eigenvalue weighted by Crippen LogP contribution is -2.42. The van der Waals surface area contributed by atoms with E-state index in [-0.39, 0.29) is 12.0 Å². The molecule has 1 saturated heterocycles. The number of rotatable bonds is 5. The number of ether oxygens (including phenoxy) is 2. The molecular weight excluding hydrogens is 504 g/mol. The summed E-state index contributed by atoms with van der Waals surface area (Å²) in [7, 11) is 0. The largest absolute Gasteiger partial charge is 0.486 e. The zero-order valence-corrected chi connectivity index (χ0v) is 22.5. The molecule has 38 heavy (non-hydrogen) atoms. The van der Waals surface area contributed by atoms with Crippen LogP contribution in [0.15, 0.2) is 55.0 Å². The van der Waals surface area contributed by atoms with E-state index >= 15 is 0 Å². The van der Waals surface area contributed by atoms with Crippen molar-refractivity contribution in [1.82, 2.24) is 24.5 Å². The Labute approximate surface area is 226 Å². The number of halogens is 1. The fraction of sp³-hybridized carbons (Fsp3) is 0.357. The summed E-state index contributed by atoms with van der Waals surface area (Å²) >= 11 is 6.63. The molecule has 4 heterocycles. The van der Waals surface area contributed by atoms with E-state index in [0.717, 1.165) is 35.4 Å². The first-order valence-electron chi connectivity index (χ1n) is 12.6. The lowest BCUT2D eigenvalue weighted by Gasteiger charge is -2.34. The number of amides is 1. The van der Waals surface area contributed by atoms with Crippen LogP contribution in [-0.2, 0) is 11.3 Å². The number of fused-ring (bicyclic) bond motifs is 1. The minimum Gasteiger partial charge on any atom is -0.486 e. The van der Waals surface area contributed by atoms with Crippen molar-refractivity contribution >= 4 is 29.0 Å². The van der Waals surface area contributed by atoms with Crippen LogP contribution in [0.5, 0.6) is 5.75 Å². The van der Waals surface area contributed by atoms with Crippen LogP contribution in [0.4, 0.5) is 10.6 Å². The highest BCUT2D eigenvalue weighted by Crippen LogP contribution is 2.38. The molecule has 0 bridgehead atoms. The number of likely N-dealkylation sites (tertiary alicyclic amines) is 1. The van der Waals surface area contributed by atoms with Gasteiger partial charge in [0.25, 0.3) is 0 Å². The molecule has 0 saturated carbocycles. The number of piperidine rings is 1. The van der Waals surface area contributed by atoms with Crippen LogP contribution in [0.1, 0.15) is 50.9 Å². The Kier molecular flexibility index (Phi) is 7.12. The van der Waals surface area contributed by atoms with Gasteiger partial charge in [0.2, 0.25) is 0 Å². The van der Waals surface area contributed by atoms with Gasteiger partial charge in [-0.25, -0.2) is 14.3 Å². The number of aromatic nitrogens is 4. The molecule has 0 spiro atoms. The van der Waals surface area contributed by atoms with E-state index in [9.17, 15) is 4.79 Å². The summed E-state index contributed by atoms with van der Waals surface area (Å²) in [6, 6.07) is 13.4. The Hall–Kier alpha value is -3.85. The maximum absolute atomic E-state index is 12.8. The van der Waals surface area contributed by atoms with Crippen LogP contribution in [0.25, 0.3) is 16.6 Å². The van der Waals surface area contributed by atoms with Crippen LogP contribution < -0.4 is 10.5 Å². The summed E-state index contributed by atoms with van der Waals surface area (Å²) in [6.07, 6.45) is 4.65. The molecule has 1 amide bonds. The molecule has 4 aromatic rings. The van der Waals surface area contributed by atoms with Crippen LogP contribution >= 0.6 is 11.6 Å². The lowest BCUT2D eigenvalue weighted by atomic mass is 9.94. The van der Waals surface area contributed by atoms with Gasteiger partial charge in [0, 0.05) is 36.5 Å². The van der Waals surface area contributed by atoms with Gasteiger partial charge in [0.15, 0.2) is 5.82 Å². The summed E-state index contributed by atoms with van der Waals surface area (Å²) in [5, 5.41) is 5.00. The van der Waals surface area contributed by atoms with Gasteiger partial charge in [-0.2, -0.15) is 5.10 Å². The molecule has 1 fully saturated rings. The highest BCUT2D eigenvalue weighted by atomic mass is 35.5. The molecule has 1 aromatic carbocycles. The zero-order chi connectivity index (χ0) is 26.9. The Balaban J connectivity index is 1.44. The standard InChI is InChI=1S/C28H31ClN6O3/c1-28(2,3)38-27(36)34-12-6-7-19(15-34)23-14-21(25-26(30)32-17-33-35(23)25)18-9-10-24(22(29)13-18)37-16-20-8-4-5-11-31-20/h4-5,8-11,13-14,17,19H,6-7,12,15-16H2,1-3H3,(H2,30,32,33). The third-order valence-electron chi connectivity index (χ3n) is 6.45. The Bertz CT molecular complexity index is 1450. The van der Waals surface area contributed by atoms with E-state index in [1.54, 1.807) is 11.1 Å². The topological polar surface area (TPSA) is 108 Å². The van der Waals surface area contributed by atoms with Crippen molar-refractivity contribution in [2.75, 3.05) is 18.8 Å². The van der Waals surface area contributed by atoms with Crippen molar-refractivity contribution in [3.05, 3.63) is 71.4 Å². The van der Waals surface area contributed by atoms with Crippen molar-refractivity contribution in [1.29, 1.82) is 0 Å². The molecule has 3 aromatic heterocycles. The number of hydrogen-bond acceptors (Lipinski definition) is 7. The Morgan fingerprint density at radius 1 is 1.18 bits per heavy atom. The normalized spacial score (nSPS) is 16.0. The molecular formula is C28H31ClN6O3. The molecule has 1 atom stereocenters. The number of carbonyl (C=O) groups excluding carboxylic acids is 1. The van der Waals surface area contributed by atoms with Gasteiger partial charge in [-0.3, -0.25) is 4.98 Å². The van der Waals surface area contributed by atoms with Crippen LogP contribution in [0.3, 0.4) is 0 Å². The van der Waals surface area contributed by atoms with Crippen molar-refractivity contribution in [2.45, 2.75) is 51.7 Å². The molecule has 2 N–H and O–H groups in total. The van der Waals surface area contributed by atoms with Gasteiger partial charge in [0.05, 0.1) is 10.7 Å². The summed E-state index contributed by atoms with van der Waals surface area (Å²) in [4.78, 5) is 23.1. The third-order valence-corrected chi connectivity index (χ3v) is 6.74. The summed E-state index contributed by atoms with van der Waals surface area (Å²) < 4.78 is 13.3. The molecule has 1 aliphatic heterocycles. The molecule has 10 heteroatoms. The van der Waals surface area contributed by atoms with Crippen molar-refractivity contribution < 1.29 is 14.3 Å². The fourth-order valence-corrected chi connectivity index (χ4v) is 4.97. The van der Waals surface area contributed by atoms with E-state index in [1.807, 2.05) is 61.7 Å². The minimum absolute atomic E-state index is 0.0586. The molecule has 1 aliphatic rings. The first-order valence-corrected chi connectivity index (χ1v) is 13.0. The van der Waals surface area contributed by atoms with E-state index < -0.39 is 5.60 Å². The third kappa shape index (κ3) is 5.52. The second kappa shape index (κ2) is 10.5. The van der Waals surface area contributed by atoms with E-state index in [1.165, 1.54) is 6.33 Å². The van der Waals surface area contributed by atoms with Crippen LogP contribution in [-0.4, -0.2) is 49.3 Å². The van der Waals surface area contributed by atoms with Gasteiger partial charge >= 0.3 is 6.09 Å². The highest BCUT2D eigenvalue weighted by Gasteiger charge is 2.31. The predicted octanol–water partition coefficient (Wildman–Crippen LogP) is 5.72. The summed E-state index contributed by atoms with van der Waals surface area (Å²) in [6.45, 7) is 7.13. The summed E-state index contributed by atoms with van der Waals surface area (Å²) in [5.74, 6) is 0.991. The van der Waals surface area contributed by atoms with Crippen molar-refractivity contribution in [2.24, 2.45) is 0 Å². The fourth-order valence-electron chi connectivity index (χ4n) is 4.73. The maximum atomic E-state index is 12.8. The molecule has 0 aliphatic carbocycles. The van der Waals surface area contributed by atoms with Crippen LogP contribution in [0.2, 0.25) is 5.02 Å². The maximum Gasteiger partial charge on any atom is 0.410 e. The highest BCUT2D eigenvalue weighted by molar-refractivity contribution is 6.32. The number of anilines is 1. The molecule has 9 nitrogen and oxygen atoms in total. The lowest BCUT2D eigenvalue weighted by molar-refractivity contribution is 0.0196. The Morgan fingerprint density at radius 2 is 2.03 bits per heavy atom. The van der Waals surface area contributed by atoms with E-state index in [4.69, 9.17) is 26.8 Å². The van der Waals surface area contributed by atoms with Crippen LogP contribution in [0, 0.1) is 0 Å².